The summed E-state index contributed by atoms with van der Waals surface area (Å²) in [5.41, 5.74) is 3.37. The summed E-state index contributed by atoms with van der Waals surface area (Å²) >= 11 is 0. The van der Waals surface area contributed by atoms with Crippen LogP contribution in [0.2, 0.25) is 0 Å². The molecule has 0 spiro atoms. The lowest BCUT2D eigenvalue weighted by Crippen LogP contribution is -2.25. The maximum Gasteiger partial charge on any atom is 0.134 e. The zero-order valence-electron chi connectivity index (χ0n) is 22.2. The van der Waals surface area contributed by atoms with Gasteiger partial charge in [-0.25, -0.2) is 4.98 Å². The average Bonchev–Trinajstić information content (AvgIpc) is 2.95. The van der Waals surface area contributed by atoms with Gasteiger partial charge in [0.05, 0.1) is 36.5 Å². The minimum Gasteiger partial charge on any atom is -0.490 e. The van der Waals surface area contributed by atoms with E-state index in [1.54, 1.807) is 6.20 Å². The van der Waals surface area contributed by atoms with E-state index >= 15 is 0 Å². The number of benzene rings is 2. The van der Waals surface area contributed by atoms with Crippen molar-refractivity contribution in [1.82, 2.24) is 15.3 Å². The Kier molecular flexibility index (Phi) is 9.17. The summed E-state index contributed by atoms with van der Waals surface area (Å²) in [7, 11) is 0. The van der Waals surface area contributed by atoms with Crippen LogP contribution in [0.25, 0.3) is 21.7 Å². The molecule has 2 heterocycles. The number of anilines is 1. The minimum absolute atomic E-state index is 0.00538. The molecule has 3 N–H and O–H groups in total. The van der Waals surface area contributed by atoms with Gasteiger partial charge < -0.3 is 25.2 Å². The second kappa shape index (κ2) is 13.3. The van der Waals surface area contributed by atoms with Crippen LogP contribution < -0.4 is 15.4 Å². The number of nitriles is 1. The van der Waals surface area contributed by atoms with Crippen LogP contribution in [0, 0.1) is 11.3 Å². The zero-order chi connectivity index (χ0) is 26.9. The van der Waals surface area contributed by atoms with Crippen molar-refractivity contribution in [2.75, 3.05) is 31.6 Å². The topological polar surface area (TPSA) is 112 Å². The fourth-order valence-corrected chi connectivity index (χ4v) is 4.73. The number of nitrogens with zero attached hydrogens (tertiary/aromatic N) is 3. The number of aromatic nitrogens is 2. The van der Waals surface area contributed by atoms with E-state index < -0.39 is 0 Å². The normalized spacial score (nSPS) is 13.3. The molecule has 0 saturated heterocycles. The summed E-state index contributed by atoms with van der Waals surface area (Å²) in [6, 6.07) is 15.8. The predicted molar refractivity (Wildman–Crippen MR) is 153 cm³/mol. The van der Waals surface area contributed by atoms with Gasteiger partial charge in [0.15, 0.2) is 0 Å². The Morgan fingerprint density at radius 1 is 1.00 bits per heavy atom. The molecule has 0 radical (unpaired) electrons. The van der Waals surface area contributed by atoms with Crippen molar-refractivity contribution in [2.45, 2.75) is 51.4 Å². The highest BCUT2D eigenvalue weighted by Gasteiger charge is 2.20. The van der Waals surface area contributed by atoms with Crippen molar-refractivity contribution in [3.05, 3.63) is 71.5 Å². The molecule has 0 aliphatic heterocycles. The lowest BCUT2D eigenvalue weighted by Gasteiger charge is -2.27. The molecule has 1 fully saturated rings. The number of aliphatic hydroxyl groups is 1. The number of pyridine rings is 2. The maximum atomic E-state index is 9.71. The molecule has 8 nitrogen and oxygen atoms in total. The molecule has 2 aromatic heterocycles. The number of nitrogens with one attached hydrogen (secondary N) is 2. The van der Waals surface area contributed by atoms with Crippen molar-refractivity contribution < 1.29 is 14.6 Å². The lowest BCUT2D eigenvalue weighted by atomic mass is 9.96. The molecule has 5 rings (SSSR count). The Morgan fingerprint density at radius 3 is 2.74 bits per heavy atom. The van der Waals surface area contributed by atoms with E-state index in [9.17, 15) is 10.4 Å². The molecule has 0 amide bonds. The first-order valence-corrected chi connectivity index (χ1v) is 13.7. The van der Waals surface area contributed by atoms with Gasteiger partial charge in [0.2, 0.25) is 0 Å². The highest BCUT2D eigenvalue weighted by atomic mass is 16.5. The van der Waals surface area contributed by atoms with Gasteiger partial charge in [-0.1, -0.05) is 12.1 Å². The first-order valence-electron chi connectivity index (χ1n) is 13.7. The molecule has 8 heteroatoms. The van der Waals surface area contributed by atoms with Gasteiger partial charge in [0.25, 0.3) is 0 Å². The minimum atomic E-state index is -0.00538. The number of fused-ring (bicyclic) bond motifs is 3. The van der Waals surface area contributed by atoms with Gasteiger partial charge in [-0.05, 0) is 74.5 Å². The molecular weight excluding hydrogens is 490 g/mol. The molecule has 0 bridgehead atoms. The van der Waals surface area contributed by atoms with Crippen molar-refractivity contribution in [1.29, 1.82) is 5.26 Å². The first-order chi connectivity index (χ1) is 19.2. The van der Waals surface area contributed by atoms with E-state index in [-0.39, 0.29) is 6.61 Å². The van der Waals surface area contributed by atoms with Crippen LogP contribution in [0.3, 0.4) is 0 Å². The van der Waals surface area contributed by atoms with Crippen LogP contribution in [-0.4, -0.2) is 47.5 Å². The van der Waals surface area contributed by atoms with Crippen molar-refractivity contribution in [2.24, 2.45) is 0 Å². The molecule has 2 aromatic carbocycles. The molecule has 39 heavy (non-hydrogen) atoms. The largest absolute Gasteiger partial charge is 0.490 e. The number of hydrogen-bond donors (Lipinski definition) is 3. The number of ether oxygens (including phenoxy) is 2. The van der Waals surface area contributed by atoms with Gasteiger partial charge in [0.1, 0.15) is 11.6 Å². The Morgan fingerprint density at radius 2 is 1.92 bits per heavy atom. The number of hydrogen-bond acceptors (Lipinski definition) is 8. The maximum absolute atomic E-state index is 9.71. The van der Waals surface area contributed by atoms with Crippen LogP contribution in [0.1, 0.15) is 48.8 Å². The standard InChI is InChI=1S/C31H35N5O3/c32-18-22-6-8-26-28-20-34-12-10-27(28)31(36-29(26)17-22)35-13-15-38-14-2-1-11-33-19-23-7-9-30(24(16-23)21-37)39-25-4-3-5-25/h6-10,12,16-17,20,25,33,37H,1-5,11,13-15,19,21H2,(H,35,36). The van der Waals surface area contributed by atoms with Gasteiger partial charge in [-0.15, -0.1) is 0 Å². The molecule has 202 valence electrons. The van der Waals surface area contributed by atoms with E-state index in [2.05, 4.69) is 27.8 Å². The van der Waals surface area contributed by atoms with E-state index in [0.717, 1.165) is 83.1 Å². The molecule has 4 aromatic rings. The average molecular weight is 526 g/mol. The molecular formula is C31H35N5O3. The third-order valence-corrected chi connectivity index (χ3v) is 7.13. The van der Waals surface area contributed by atoms with Gasteiger partial charge in [-0.2, -0.15) is 5.26 Å². The summed E-state index contributed by atoms with van der Waals surface area (Å²) in [5, 5.41) is 28.8. The Labute approximate surface area is 229 Å². The van der Waals surface area contributed by atoms with Crippen molar-refractivity contribution in [3.8, 4) is 11.8 Å². The SMILES string of the molecule is N#Cc1ccc2c(c1)nc(NCCOCCCCNCc1ccc(OC3CCC3)c(CO)c1)c1ccncc12. The third-order valence-electron chi connectivity index (χ3n) is 7.13. The number of aliphatic hydroxyl groups excluding tert-OH is 1. The highest BCUT2D eigenvalue weighted by molar-refractivity contribution is 6.09. The van der Waals surface area contributed by atoms with Crippen LogP contribution >= 0.6 is 0 Å². The molecule has 0 atom stereocenters. The summed E-state index contributed by atoms with van der Waals surface area (Å²) in [4.78, 5) is 9.04. The van der Waals surface area contributed by atoms with Crippen LogP contribution in [0.4, 0.5) is 5.82 Å². The molecule has 0 unspecified atom stereocenters. The van der Waals surface area contributed by atoms with Gasteiger partial charge >= 0.3 is 0 Å². The summed E-state index contributed by atoms with van der Waals surface area (Å²) < 4.78 is 11.8. The fraction of sp³-hybridized carbons (Fsp3) is 0.387. The van der Waals surface area contributed by atoms with E-state index in [4.69, 9.17) is 14.5 Å². The summed E-state index contributed by atoms with van der Waals surface area (Å²) in [6.45, 7) is 3.58. The third kappa shape index (κ3) is 6.82. The van der Waals surface area contributed by atoms with Crippen LogP contribution in [-0.2, 0) is 17.9 Å². The molecule has 1 aliphatic carbocycles. The van der Waals surface area contributed by atoms with Gasteiger partial charge in [0, 0.05) is 53.8 Å². The summed E-state index contributed by atoms with van der Waals surface area (Å²) in [6.07, 6.45) is 9.35. The second-order valence-electron chi connectivity index (χ2n) is 9.92. The zero-order valence-corrected chi connectivity index (χ0v) is 22.2. The Hall–Kier alpha value is -3.77. The monoisotopic (exact) mass is 525 g/mol. The van der Waals surface area contributed by atoms with Gasteiger partial charge in [-0.3, -0.25) is 4.98 Å². The smallest absolute Gasteiger partial charge is 0.134 e. The Balaban J connectivity index is 1.00. The summed E-state index contributed by atoms with van der Waals surface area (Å²) in [5.74, 6) is 1.59. The number of unbranched alkanes of at least 4 members (excludes halogenated alkanes) is 1. The second-order valence-corrected chi connectivity index (χ2v) is 9.92. The van der Waals surface area contributed by atoms with Crippen molar-refractivity contribution in [3.63, 3.8) is 0 Å². The van der Waals surface area contributed by atoms with Crippen molar-refractivity contribution >= 4 is 27.5 Å². The molecule has 1 saturated carbocycles. The van der Waals surface area contributed by atoms with Crippen LogP contribution in [0.5, 0.6) is 5.75 Å². The van der Waals surface area contributed by atoms with E-state index in [0.29, 0.717) is 31.4 Å². The predicted octanol–water partition coefficient (Wildman–Crippen LogP) is 5.08. The van der Waals surface area contributed by atoms with E-state index in [1.807, 2.05) is 42.6 Å². The quantitative estimate of drug-likeness (QED) is 0.154. The number of rotatable bonds is 14. The lowest BCUT2D eigenvalue weighted by molar-refractivity contribution is 0.116. The molecule has 1 aliphatic rings. The van der Waals surface area contributed by atoms with Crippen LogP contribution in [0.15, 0.2) is 54.9 Å². The Bertz CT molecular complexity index is 1450. The fourth-order valence-electron chi connectivity index (χ4n) is 4.73. The first kappa shape index (κ1) is 26.8. The highest BCUT2D eigenvalue weighted by Crippen LogP contribution is 2.30. The van der Waals surface area contributed by atoms with E-state index in [1.165, 1.54) is 6.42 Å².